The number of aromatic amines is 1. The van der Waals surface area contributed by atoms with Gasteiger partial charge < -0.3 is 9.72 Å². The van der Waals surface area contributed by atoms with Gasteiger partial charge in [-0.3, -0.25) is 4.98 Å². The fourth-order valence-electron chi connectivity index (χ4n) is 2.38. The number of pyridine rings is 1. The van der Waals surface area contributed by atoms with E-state index in [0.717, 1.165) is 34.1 Å². The van der Waals surface area contributed by atoms with Crippen LogP contribution < -0.4 is 4.74 Å². The molecule has 3 aromatic rings. The minimum absolute atomic E-state index is 0.809. The summed E-state index contributed by atoms with van der Waals surface area (Å²) in [5.41, 5.74) is 3.92. The molecule has 0 saturated heterocycles. The quantitative estimate of drug-likeness (QED) is 0.734. The van der Waals surface area contributed by atoms with E-state index >= 15 is 0 Å². The van der Waals surface area contributed by atoms with Crippen LogP contribution in [0.15, 0.2) is 47.6 Å². The molecule has 0 amide bonds. The van der Waals surface area contributed by atoms with Gasteiger partial charge in [-0.05, 0) is 43.5 Å². The molecule has 0 saturated carbocycles. The fourth-order valence-corrected chi connectivity index (χ4v) is 2.82. The second-order valence-electron chi connectivity index (χ2n) is 4.85. The molecule has 3 rings (SSSR count). The van der Waals surface area contributed by atoms with Crippen molar-refractivity contribution in [2.75, 3.05) is 13.4 Å². The predicted molar refractivity (Wildman–Crippen MR) is 90.3 cm³/mol. The largest absolute Gasteiger partial charge is 0.496 e. The molecule has 22 heavy (non-hydrogen) atoms. The lowest BCUT2D eigenvalue weighted by Gasteiger charge is -2.07. The van der Waals surface area contributed by atoms with Crippen molar-refractivity contribution in [3.05, 3.63) is 48.4 Å². The molecule has 0 fully saturated rings. The highest BCUT2D eigenvalue weighted by atomic mass is 32.2. The van der Waals surface area contributed by atoms with Crippen LogP contribution in [-0.2, 0) is 0 Å². The van der Waals surface area contributed by atoms with Gasteiger partial charge in [0, 0.05) is 22.9 Å². The minimum Gasteiger partial charge on any atom is -0.496 e. The molecule has 2 aromatic heterocycles. The minimum atomic E-state index is 0.809. The van der Waals surface area contributed by atoms with Gasteiger partial charge in [-0.2, -0.15) is 0 Å². The summed E-state index contributed by atoms with van der Waals surface area (Å²) in [7, 11) is 1.68. The number of aryl methyl sites for hydroxylation is 1. The maximum Gasteiger partial charge on any atom is 0.141 e. The third-order valence-electron chi connectivity index (χ3n) is 3.50. The van der Waals surface area contributed by atoms with Crippen LogP contribution in [0.2, 0.25) is 0 Å². The summed E-state index contributed by atoms with van der Waals surface area (Å²) in [6.07, 6.45) is 5.65. The molecule has 0 aliphatic heterocycles. The van der Waals surface area contributed by atoms with E-state index in [-0.39, 0.29) is 0 Å². The molecule has 2 heterocycles. The van der Waals surface area contributed by atoms with Crippen molar-refractivity contribution >= 4 is 11.8 Å². The van der Waals surface area contributed by atoms with E-state index in [0.29, 0.717) is 0 Å². The van der Waals surface area contributed by atoms with E-state index in [4.69, 9.17) is 4.74 Å². The number of nitrogens with one attached hydrogen (secondary N) is 1. The predicted octanol–water partition coefficient (Wildman–Crippen LogP) is 4.18. The van der Waals surface area contributed by atoms with Crippen molar-refractivity contribution in [1.29, 1.82) is 0 Å². The summed E-state index contributed by atoms with van der Waals surface area (Å²) in [5.74, 6) is 1.62. The van der Waals surface area contributed by atoms with Crippen molar-refractivity contribution in [2.45, 2.75) is 11.8 Å². The number of aromatic nitrogens is 3. The summed E-state index contributed by atoms with van der Waals surface area (Å²) in [6.45, 7) is 1.99. The average Bonchev–Trinajstić information content (AvgIpc) is 2.96. The second-order valence-corrected chi connectivity index (χ2v) is 5.73. The normalized spacial score (nSPS) is 10.7. The Labute approximate surface area is 134 Å². The van der Waals surface area contributed by atoms with Crippen LogP contribution in [0.25, 0.3) is 22.6 Å². The van der Waals surface area contributed by atoms with Gasteiger partial charge in [-0.25, -0.2) is 4.98 Å². The molecular weight excluding hydrogens is 294 g/mol. The van der Waals surface area contributed by atoms with Crippen LogP contribution in [0.3, 0.4) is 0 Å². The summed E-state index contributed by atoms with van der Waals surface area (Å²) in [6, 6.07) is 10.1. The van der Waals surface area contributed by atoms with Gasteiger partial charge >= 0.3 is 0 Å². The third-order valence-corrected chi connectivity index (χ3v) is 4.22. The van der Waals surface area contributed by atoms with Gasteiger partial charge in [0.05, 0.1) is 24.1 Å². The molecule has 1 aromatic carbocycles. The summed E-state index contributed by atoms with van der Waals surface area (Å²) in [4.78, 5) is 13.4. The van der Waals surface area contributed by atoms with E-state index in [1.54, 1.807) is 25.1 Å². The molecule has 4 nitrogen and oxygen atoms in total. The van der Waals surface area contributed by atoms with Crippen LogP contribution >= 0.6 is 11.8 Å². The molecule has 0 aliphatic rings. The first-order valence-corrected chi connectivity index (χ1v) is 8.15. The first-order chi connectivity index (χ1) is 10.7. The van der Waals surface area contributed by atoms with Gasteiger partial charge in [-0.1, -0.05) is 0 Å². The maximum absolute atomic E-state index is 5.47. The average molecular weight is 311 g/mol. The topological polar surface area (TPSA) is 50.8 Å². The van der Waals surface area contributed by atoms with E-state index in [9.17, 15) is 0 Å². The number of imidazole rings is 1. The highest BCUT2D eigenvalue weighted by Crippen LogP contribution is 2.33. The zero-order valence-electron chi connectivity index (χ0n) is 12.8. The van der Waals surface area contributed by atoms with E-state index in [1.807, 2.05) is 37.4 Å². The smallest absolute Gasteiger partial charge is 0.141 e. The summed E-state index contributed by atoms with van der Waals surface area (Å²) in [5, 5.41) is 0. The number of hydrogen-bond acceptors (Lipinski definition) is 4. The monoisotopic (exact) mass is 311 g/mol. The fraction of sp³-hybridized carbons (Fsp3) is 0.176. The molecule has 0 unspecified atom stereocenters. The zero-order valence-corrected chi connectivity index (χ0v) is 13.6. The Morgan fingerprint density at radius 1 is 1.23 bits per heavy atom. The molecule has 0 aliphatic carbocycles. The SMILES string of the molecule is COc1ccc(SC)cc1-c1nc(C)c(-c2cccnc2)[nH]1. The molecule has 0 atom stereocenters. The molecule has 112 valence electrons. The van der Waals surface area contributed by atoms with E-state index in [2.05, 4.69) is 27.3 Å². The Hall–Kier alpha value is -2.27. The summed E-state index contributed by atoms with van der Waals surface area (Å²) < 4.78 is 5.47. The van der Waals surface area contributed by atoms with Crippen LogP contribution in [-0.4, -0.2) is 28.3 Å². The number of rotatable bonds is 4. The van der Waals surface area contributed by atoms with Crippen molar-refractivity contribution in [3.8, 4) is 28.4 Å². The molecule has 0 bridgehead atoms. The third kappa shape index (κ3) is 2.72. The maximum atomic E-state index is 5.47. The number of hydrogen-bond donors (Lipinski definition) is 1. The van der Waals surface area contributed by atoms with Crippen LogP contribution in [0.4, 0.5) is 0 Å². The molecule has 0 radical (unpaired) electrons. The van der Waals surface area contributed by atoms with Gasteiger partial charge in [0.25, 0.3) is 0 Å². The van der Waals surface area contributed by atoms with Gasteiger partial charge in [0.2, 0.25) is 0 Å². The zero-order chi connectivity index (χ0) is 15.5. The number of nitrogens with zero attached hydrogens (tertiary/aromatic N) is 2. The lowest BCUT2D eigenvalue weighted by Crippen LogP contribution is -1.90. The van der Waals surface area contributed by atoms with Crippen molar-refractivity contribution in [1.82, 2.24) is 15.0 Å². The molecular formula is C17H17N3OS. The Morgan fingerprint density at radius 3 is 2.77 bits per heavy atom. The molecule has 1 N–H and O–H groups in total. The van der Waals surface area contributed by atoms with Crippen LogP contribution in [0.5, 0.6) is 5.75 Å². The summed E-state index contributed by atoms with van der Waals surface area (Å²) >= 11 is 1.70. The number of methoxy groups -OCH3 is 1. The van der Waals surface area contributed by atoms with Crippen LogP contribution in [0.1, 0.15) is 5.69 Å². The Balaban J connectivity index is 2.10. The second kappa shape index (κ2) is 6.23. The molecule has 0 spiro atoms. The lowest BCUT2D eigenvalue weighted by atomic mass is 10.2. The Kier molecular flexibility index (Phi) is 4.15. The molecule has 5 heteroatoms. The van der Waals surface area contributed by atoms with Gasteiger partial charge in [0.1, 0.15) is 11.6 Å². The first-order valence-electron chi connectivity index (χ1n) is 6.92. The first kappa shape index (κ1) is 14.7. The van der Waals surface area contributed by atoms with E-state index in [1.165, 1.54) is 4.90 Å². The number of thioether (sulfide) groups is 1. The van der Waals surface area contributed by atoms with Crippen molar-refractivity contribution in [2.24, 2.45) is 0 Å². The highest BCUT2D eigenvalue weighted by Gasteiger charge is 2.14. The number of ether oxygens (including phenoxy) is 1. The van der Waals surface area contributed by atoms with Crippen molar-refractivity contribution < 1.29 is 4.74 Å². The highest BCUT2D eigenvalue weighted by molar-refractivity contribution is 7.98. The Bertz CT molecular complexity index is 784. The number of benzene rings is 1. The van der Waals surface area contributed by atoms with Gasteiger partial charge in [-0.15, -0.1) is 11.8 Å². The number of H-pyrrole nitrogens is 1. The van der Waals surface area contributed by atoms with Crippen LogP contribution in [0, 0.1) is 6.92 Å². The van der Waals surface area contributed by atoms with Crippen molar-refractivity contribution in [3.63, 3.8) is 0 Å². The standard InChI is InChI=1S/C17H17N3OS/c1-11-16(12-5-4-8-18-10-12)20-17(19-11)14-9-13(22-3)6-7-15(14)21-2/h4-10H,1-3H3,(H,19,20). The lowest BCUT2D eigenvalue weighted by molar-refractivity contribution is 0.416. The Morgan fingerprint density at radius 2 is 2.09 bits per heavy atom. The van der Waals surface area contributed by atoms with E-state index < -0.39 is 0 Å². The van der Waals surface area contributed by atoms with Gasteiger partial charge in [0.15, 0.2) is 0 Å².